The number of aromatic nitrogens is 2. The van der Waals surface area contributed by atoms with Crippen molar-refractivity contribution in [2.45, 2.75) is 24.9 Å². The second-order valence-electron chi connectivity index (χ2n) is 4.24. The fourth-order valence-electron chi connectivity index (χ4n) is 1.68. The van der Waals surface area contributed by atoms with Crippen LogP contribution in [0.15, 0.2) is 35.5 Å². The molecule has 108 valence electrons. The summed E-state index contributed by atoms with van der Waals surface area (Å²) in [5, 5.41) is 12.8. The maximum absolute atomic E-state index is 11.3. The molecule has 3 N–H and O–H groups in total. The van der Waals surface area contributed by atoms with Gasteiger partial charge in [0.25, 0.3) is 0 Å². The van der Waals surface area contributed by atoms with Gasteiger partial charge in [0.15, 0.2) is 0 Å². The number of rotatable bonds is 5. The highest BCUT2D eigenvalue weighted by atomic mass is 35.5. The van der Waals surface area contributed by atoms with Crippen molar-refractivity contribution in [3.05, 3.63) is 41.2 Å². The maximum Gasteiger partial charge on any atom is 0.238 e. The van der Waals surface area contributed by atoms with Crippen molar-refractivity contribution in [3.8, 4) is 0 Å². The summed E-state index contributed by atoms with van der Waals surface area (Å²) in [6.07, 6.45) is 3.65. The Hall–Kier alpha value is -1.57. The molecule has 0 spiro atoms. The van der Waals surface area contributed by atoms with Crippen LogP contribution in [-0.2, 0) is 23.1 Å². The minimum Gasteiger partial charge on any atom is -0.380 e. The van der Waals surface area contributed by atoms with Gasteiger partial charge in [-0.25, -0.2) is 13.6 Å². The topological polar surface area (TPSA) is 90.0 Å². The van der Waals surface area contributed by atoms with E-state index in [9.17, 15) is 8.42 Å². The summed E-state index contributed by atoms with van der Waals surface area (Å²) in [6.45, 7) is 3.28. The van der Waals surface area contributed by atoms with Gasteiger partial charge in [-0.05, 0) is 25.1 Å². The lowest BCUT2D eigenvalue weighted by molar-refractivity contribution is 0.598. The highest BCUT2D eigenvalue weighted by Gasteiger charge is 2.10. The van der Waals surface area contributed by atoms with Gasteiger partial charge >= 0.3 is 0 Å². The molecule has 20 heavy (non-hydrogen) atoms. The van der Waals surface area contributed by atoms with Gasteiger partial charge in [0.1, 0.15) is 0 Å². The van der Waals surface area contributed by atoms with Crippen LogP contribution < -0.4 is 10.5 Å². The molecule has 0 aliphatic rings. The highest BCUT2D eigenvalue weighted by molar-refractivity contribution is 7.89. The van der Waals surface area contributed by atoms with Crippen LogP contribution in [0.25, 0.3) is 0 Å². The first-order chi connectivity index (χ1) is 9.40. The molecule has 0 amide bonds. The molecule has 1 heterocycles. The molecule has 0 saturated heterocycles. The van der Waals surface area contributed by atoms with E-state index in [0.717, 1.165) is 12.1 Å². The summed E-state index contributed by atoms with van der Waals surface area (Å²) < 4.78 is 24.4. The number of primary sulfonamides is 1. The van der Waals surface area contributed by atoms with E-state index in [4.69, 9.17) is 16.7 Å². The van der Waals surface area contributed by atoms with Gasteiger partial charge < -0.3 is 5.32 Å². The van der Waals surface area contributed by atoms with Crippen LogP contribution in [0.5, 0.6) is 0 Å². The number of aryl methyl sites for hydroxylation is 1. The quantitative estimate of drug-likeness (QED) is 0.880. The van der Waals surface area contributed by atoms with E-state index >= 15 is 0 Å². The number of halogens is 1. The summed E-state index contributed by atoms with van der Waals surface area (Å²) in [6, 6.07) is 4.29. The molecule has 2 aromatic rings. The lowest BCUT2D eigenvalue weighted by Gasteiger charge is -2.08. The smallest absolute Gasteiger partial charge is 0.238 e. The molecule has 1 aromatic heterocycles. The van der Waals surface area contributed by atoms with Crippen molar-refractivity contribution in [2.24, 2.45) is 5.14 Å². The minimum absolute atomic E-state index is 0.0219. The molecular formula is C12H15ClN4O2S. The first-order valence-corrected chi connectivity index (χ1v) is 7.90. The van der Waals surface area contributed by atoms with Gasteiger partial charge in [-0.3, -0.25) is 4.68 Å². The van der Waals surface area contributed by atoms with Crippen LogP contribution in [-0.4, -0.2) is 18.2 Å². The average Bonchev–Trinajstić information content (AvgIpc) is 2.84. The average molecular weight is 315 g/mol. The van der Waals surface area contributed by atoms with Crippen molar-refractivity contribution in [1.82, 2.24) is 9.78 Å². The van der Waals surface area contributed by atoms with Crippen molar-refractivity contribution in [1.29, 1.82) is 0 Å². The standard InChI is InChI=1S/C12H15ClN4O2S/c1-2-17-8-9(7-16-17)6-15-12-5-10(20(14,18)19)3-4-11(12)13/h3-5,7-8,15H,2,6H2,1H3,(H2,14,18,19). The summed E-state index contributed by atoms with van der Waals surface area (Å²) in [5.74, 6) is 0. The third-order valence-electron chi connectivity index (χ3n) is 2.76. The lowest BCUT2D eigenvalue weighted by atomic mass is 10.3. The van der Waals surface area contributed by atoms with Crippen LogP contribution in [0.3, 0.4) is 0 Å². The molecule has 0 aliphatic heterocycles. The second-order valence-corrected chi connectivity index (χ2v) is 6.21. The van der Waals surface area contributed by atoms with Gasteiger partial charge in [-0.1, -0.05) is 11.6 Å². The molecule has 0 bridgehead atoms. The van der Waals surface area contributed by atoms with Gasteiger partial charge in [0.05, 0.1) is 21.8 Å². The molecule has 0 saturated carbocycles. The van der Waals surface area contributed by atoms with Gasteiger partial charge in [0, 0.05) is 24.8 Å². The molecule has 0 radical (unpaired) electrons. The summed E-state index contributed by atoms with van der Waals surface area (Å²) in [4.78, 5) is 0.0219. The monoisotopic (exact) mass is 314 g/mol. The number of sulfonamides is 1. The normalized spacial score (nSPS) is 11.6. The maximum atomic E-state index is 11.3. The van der Waals surface area contributed by atoms with Crippen LogP contribution in [0.2, 0.25) is 5.02 Å². The zero-order chi connectivity index (χ0) is 14.8. The van der Waals surface area contributed by atoms with E-state index in [1.165, 1.54) is 18.2 Å². The van der Waals surface area contributed by atoms with Crippen LogP contribution in [0.1, 0.15) is 12.5 Å². The molecule has 2 rings (SSSR count). The van der Waals surface area contributed by atoms with Gasteiger partial charge in [0.2, 0.25) is 10.0 Å². The number of anilines is 1. The van der Waals surface area contributed by atoms with Crippen LogP contribution in [0.4, 0.5) is 5.69 Å². The number of nitrogens with zero attached hydrogens (tertiary/aromatic N) is 2. The molecule has 0 fully saturated rings. The van der Waals surface area contributed by atoms with Gasteiger partial charge in [-0.15, -0.1) is 0 Å². The summed E-state index contributed by atoms with van der Waals surface area (Å²) in [7, 11) is -3.74. The van der Waals surface area contributed by atoms with Crippen molar-refractivity contribution in [2.75, 3.05) is 5.32 Å². The van der Waals surface area contributed by atoms with Crippen LogP contribution >= 0.6 is 11.6 Å². The molecule has 1 aromatic carbocycles. The fourth-order valence-corrected chi connectivity index (χ4v) is 2.41. The first kappa shape index (κ1) is 14.8. The Morgan fingerprint density at radius 2 is 2.20 bits per heavy atom. The fraction of sp³-hybridized carbons (Fsp3) is 0.250. The zero-order valence-corrected chi connectivity index (χ0v) is 12.4. The number of nitrogens with two attached hydrogens (primary N) is 1. The van der Waals surface area contributed by atoms with E-state index < -0.39 is 10.0 Å². The third-order valence-corrected chi connectivity index (χ3v) is 4.00. The Bertz CT molecular complexity index is 712. The first-order valence-electron chi connectivity index (χ1n) is 5.97. The van der Waals surface area contributed by atoms with Crippen molar-refractivity contribution in [3.63, 3.8) is 0 Å². The van der Waals surface area contributed by atoms with E-state index in [1.807, 2.05) is 13.1 Å². The molecule has 0 atom stereocenters. The van der Waals surface area contributed by atoms with E-state index in [-0.39, 0.29) is 4.90 Å². The molecule has 6 nitrogen and oxygen atoms in total. The second kappa shape index (κ2) is 5.82. The zero-order valence-electron chi connectivity index (χ0n) is 10.9. The van der Waals surface area contributed by atoms with E-state index in [1.54, 1.807) is 10.9 Å². The van der Waals surface area contributed by atoms with Crippen molar-refractivity contribution >= 4 is 27.3 Å². The Kier molecular flexibility index (Phi) is 4.32. The van der Waals surface area contributed by atoms with Crippen LogP contribution in [0, 0.1) is 0 Å². The Morgan fingerprint density at radius 1 is 1.45 bits per heavy atom. The number of hydrogen-bond donors (Lipinski definition) is 2. The number of hydrogen-bond acceptors (Lipinski definition) is 4. The molecular weight excluding hydrogens is 300 g/mol. The molecule has 8 heteroatoms. The summed E-state index contributed by atoms with van der Waals surface area (Å²) >= 11 is 6.03. The van der Waals surface area contributed by atoms with Crippen molar-refractivity contribution < 1.29 is 8.42 Å². The Morgan fingerprint density at radius 3 is 2.80 bits per heavy atom. The highest BCUT2D eigenvalue weighted by Crippen LogP contribution is 2.25. The van der Waals surface area contributed by atoms with Gasteiger partial charge in [-0.2, -0.15) is 5.10 Å². The molecule has 0 unspecified atom stereocenters. The third kappa shape index (κ3) is 3.50. The lowest BCUT2D eigenvalue weighted by Crippen LogP contribution is -2.12. The largest absolute Gasteiger partial charge is 0.380 e. The predicted molar refractivity (Wildman–Crippen MR) is 78.1 cm³/mol. The van der Waals surface area contributed by atoms with E-state index in [0.29, 0.717) is 17.3 Å². The number of nitrogens with one attached hydrogen (secondary N) is 1. The summed E-state index contributed by atoms with van der Waals surface area (Å²) in [5.41, 5.74) is 1.49. The SMILES string of the molecule is CCn1cc(CNc2cc(S(N)(=O)=O)ccc2Cl)cn1. The number of benzene rings is 1. The Labute approximate surface area is 122 Å². The Balaban J connectivity index is 2.16. The van der Waals surface area contributed by atoms with E-state index in [2.05, 4.69) is 10.4 Å². The predicted octanol–water partition coefficient (Wildman–Crippen LogP) is 1.82. The molecule has 0 aliphatic carbocycles. The minimum atomic E-state index is -3.74.